The van der Waals surface area contributed by atoms with E-state index in [4.69, 9.17) is 28.5 Å². The van der Waals surface area contributed by atoms with E-state index in [9.17, 15) is 8.42 Å². The predicted molar refractivity (Wildman–Crippen MR) is 63.6 cm³/mol. The summed E-state index contributed by atoms with van der Waals surface area (Å²) < 4.78 is 23.5. The lowest BCUT2D eigenvalue weighted by molar-refractivity contribution is 0.595. The Kier molecular flexibility index (Phi) is 4.60. The van der Waals surface area contributed by atoms with Crippen molar-refractivity contribution in [2.24, 2.45) is 0 Å². The second-order valence-corrected chi connectivity index (χ2v) is 6.01. The highest BCUT2D eigenvalue weighted by atomic mass is 35.5. The van der Waals surface area contributed by atoms with Gasteiger partial charge in [-0.2, -0.15) is 5.26 Å². The summed E-state index contributed by atoms with van der Waals surface area (Å²) in [6, 6.07) is 5.95. The molecule has 0 saturated heterocycles. The highest BCUT2D eigenvalue weighted by Crippen LogP contribution is 2.21. The molecule has 0 saturated carbocycles. The van der Waals surface area contributed by atoms with E-state index in [-0.39, 0.29) is 21.2 Å². The van der Waals surface area contributed by atoms with Gasteiger partial charge in [0, 0.05) is 5.88 Å². The topological polar surface area (TPSA) is 57.9 Å². The zero-order chi connectivity index (χ0) is 12.2. The molecule has 1 aromatic rings. The third-order valence-electron chi connectivity index (χ3n) is 1.97. The molecule has 3 nitrogen and oxygen atoms in total. The first-order chi connectivity index (χ1) is 7.51. The molecular formula is C10H9Cl2NO2S. The van der Waals surface area contributed by atoms with Gasteiger partial charge in [0.25, 0.3) is 0 Å². The van der Waals surface area contributed by atoms with Crippen LogP contribution in [0.3, 0.4) is 0 Å². The summed E-state index contributed by atoms with van der Waals surface area (Å²) in [5.74, 6) is 0.280. The van der Waals surface area contributed by atoms with Gasteiger partial charge < -0.3 is 0 Å². The van der Waals surface area contributed by atoms with Gasteiger partial charge >= 0.3 is 0 Å². The molecule has 0 atom stereocenters. The number of rotatable bonds is 4. The van der Waals surface area contributed by atoms with Crippen LogP contribution in [0.15, 0.2) is 23.1 Å². The van der Waals surface area contributed by atoms with Gasteiger partial charge in [-0.25, -0.2) is 8.42 Å². The number of nitriles is 1. The van der Waals surface area contributed by atoms with Gasteiger partial charge in [-0.3, -0.25) is 0 Å². The fourth-order valence-electron chi connectivity index (χ4n) is 1.14. The zero-order valence-electron chi connectivity index (χ0n) is 8.28. The van der Waals surface area contributed by atoms with Crippen molar-refractivity contribution in [2.75, 3.05) is 11.6 Å². The third-order valence-corrected chi connectivity index (χ3v) is 4.35. The van der Waals surface area contributed by atoms with Crippen LogP contribution in [-0.4, -0.2) is 20.1 Å². The fourth-order valence-corrected chi connectivity index (χ4v) is 3.05. The van der Waals surface area contributed by atoms with E-state index in [0.717, 1.165) is 0 Å². The average molecular weight is 278 g/mol. The van der Waals surface area contributed by atoms with Crippen LogP contribution in [-0.2, 0) is 9.84 Å². The molecule has 0 amide bonds. The summed E-state index contributed by atoms with van der Waals surface area (Å²) in [4.78, 5) is 0.126. The van der Waals surface area contributed by atoms with Gasteiger partial charge in [-0.1, -0.05) is 11.6 Å². The first-order valence-electron chi connectivity index (χ1n) is 4.49. The highest BCUT2D eigenvalue weighted by Gasteiger charge is 2.15. The Hall–Kier alpha value is -0.760. The summed E-state index contributed by atoms with van der Waals surface area (Å²) in [7, 11) is -3.35. The van der Waals surface area contributed by atoms with Crippen molar-refractivity contribution in [3.63, 3.8) is 0 Å². The van der Waals surface area contributed by atoms with Crippen LogP contribution in [0, 0.1) is 11.3 Å². The maximum absolute atomic E-state index is 11.7. The molecule has 0 heterocycles. The molecule has 0 radical (unpaired) electrons. The van der Waals surface area contributed by atoms with E-state index in [1.807, 2.05) is 6.07 Å². The van der Waals surface area contributed by atoms with Crippen LogP contribution < -0.4 is 0 Å². The van der Waals surface area contributed by atoms with Crippen LogP contribution in [0.5, 0.6) is 0 Å². The van der Waals surface area contributed by atoms with Gasteiger partial charge in [0.2, 0.25) is 0 Å². The van der Waals surface area contributed by atoms with Gasteiger partial charge in [-0.15, -0.1) is 11.6 Å². The number of benzene rings is 1. The largest absolute Gasteiger partial charge is 0.224 e. The molecule has 0 aliphatic heterocycles. The first-order valence-corrected chi connectivity index (χ1v) is 7.06. The quantitative estimate of drug-likeness (QED) is 0.795. The lowest BCUT2D eigenvalue weighted by Gasteiger charge is -2.04. The van der Waals surface area contributed by atoms with Gasteiger partial charge in [0.1, 0.15) is 6.07 Å². The van der Waals surface area contributed by atoms with Crippen molar-refractivity contribution in [2.45, 2.75) is 11.3 Å². The molecule has 1 rings (SSSR count). The molecular weight excluding hydrogens is 269 g/mol. The summed E-state index contributed by atoms with van der Waals surface area (Å²) in [5.41, 5.74) is 0.262. The van der Waals surface area contributed by atoms with Crippen LogP contribution in [0.2, 0.25) is 5.02 Å². The Bertz CT molecular complexity index is 520. The second kappa shape index (κ2) is 5.53. The molecule has 0 aromatic heterocycles. The Balaban J connectivity index is 3.07. The number of halogens is 2. The molecule has 0 aliphatic carbocycles. The van der Waals surface area contributed by atoms with E-state index < -0.39 is 9.84 Å². The summed E-state index contributed by atoms with van der Waals surface area (Å²) in [5, 5.41) is 8.80. The van der Waals surface area contributed by atoms with Crippen LogP contribution in [0.1, 0.15) is 12.0 Å². The van der Waals surface area contributed by atoms with E-state index in [1.165, 1.54) is 18.2 Å². The number of hydrogen-bond acceptors (Lipinski definition) is 3. The minimum Gasteiger partial charge on any atom is -0.224 e. The van der Waals surface area contributed by atoms with Gasteiger partial charge in [0.15, 0.2) is 9.84 Å². The van der Waals surface area contributed by atoms with Crippen molar-refractivity contribution in [3.8, 4) is 6.07 Å². The van der Waals surface area contributed by atoms with Crippen molar-refractivity contribution < 1.29 is 8.42 Å². The standard InChI is InChI=1S/C10H9Cl2NO2S/c11-4-1-5-16(14,15)9-3-2-8(7-13)10(12)6-9/h2-3,6H,1,4-5H2. The van der Waals surface area contributed by atoms with Crippen molar-refractivity contribution in [1.29, 1.82) is 5.26 Å². The number of sulfone groups is 1. The molecule has 0 spiro atoms. The van der Waals surface area contributed by atoms with Crippen LogP contribution in [0.4, 0.5) is 0 Å². The maximum Gasteiger partial charge on any atom is 0.178 e. The van der Waals surface area contributed by atoms with E-state index >= 15 is 0 Å². The zero-order valence-corrected chi connectivity index (χ0v) is 10.6. The van der Waals surface area contributed by atoms with Crippen molar-refractivity contribution >= 4 is 33.0 Å². The Labute approximate surface area is 105 Å². The molecule has 16 heavy (non-hydrogen) atoms. The number of hydrogen-bond donors (Lipinski definition) is 0. The van der Waals surface area contributed by atoms with Gasteiger partial charge in [0.05, 0.1) is 21.2 Å². The molecule has 0 unspecified atom stereocenters. The van der Waals surface area contributed by atoms with Crippen molar-refractivity contribution in [1.82, 2.24) is 0 Å². The average Bonchev–Trinajstić information content (AvgIpc) is 2.26. The normalized spacial score (nSPS) is 11.1. The summed E-state index contributed by atoms with van der Waals surface area (Å²) >= 11 is 11.2. The smallest absolute Gasteiger partial charge is 0.178 e. The van der Waals surface area contributed by atoms with Crippen LogP contribution >= 0.6 is 23.2 Å². The molecule has 6 heteroatoms. The van der Waals surface area contributed by atoms with E-state index in [1.54, 1.807) is 0 Å². The number of alkyl halides is 1. The summed E-state index contributed by atoms with van der Waals surface area (Å²) in [6.07, 6.45) is 0.390. The fraction of sp³-hybridized carbons (Fsp3) is 0.300. The lowest BCUT2D eigenvalue weighted by atomic mass is 10.2. The van der Waals surface area contributed by atoms with E-state index in [0.29, 0.717) is 12.3 Å². The minimum absolute atomic E-state index is 0.0151. The predicted octanol–water partition coefficient (Wildman–Crippen LogP) is 2.61. The molecule has 0 fully saturated rings. The Morgan fingerprint density at radius 3 is 2.56 bits per heavy atom. The molecule has 0 N–H and O–H groups in total. The lowest BCUT2D eigenvalue weighted by Crippen LogP contribution is -2.07. The van der Waals surface area contributed by atoms with E-state index in [2.05, 4.69) is 0 Å². The molecule has 86 valence electrons. The SMILES string of the molecule is N#Cc1ccc(S(=O)(=O)CCCCl)cc1Cl. The molecule has 1 aromatic carbocycles. The summed E-state index contributed by atoms with van der Waals surface area (Å²) in [6.45, 7) is 0. The highest BCUT2D eigenvalue weighted by molar-refractivity contribution is 7.91. The van der Waals surface area contributed by atoms with Crippen LogP contribution in [0.25, 0.3) is 0 Å². The Morgan fingerprint density at radius 1 is 1.38 bits per heavy atom. The Morgan fingerprint density at radius 2 is 2.06 bits per heavy atom. The third kappa shape index (κ3) is 3.11. The molecule has 0 aliphatic rings. The first kappa shape index (κ1) is 13.3. The maximum atomic E-state index is 11.7. The monoisotopic (exact) mass is 277 g/mol. The number of nitrogens with zero attached hydrogens (tertiary/aromatic N) is 1. The minimum atomic E-state index is -3.35. The molecule has 0 bridgehead atoms. The second-order valence-electron chi connectivity index (χ2n) is 3.11. The van der Waals surface area contributed by atoms with Gasteiger partial charge in [-0.05, 0) is 24.6 Å². The van der Waals surface area contributed by atoms with Crippen molar-refractivity contribution in [3.05, 3.63) is 28.8 Å².